The van der Waals surface area contributed by atoms with Crippen molar-refractivity contribution in [1.29, 1.82) is 0 Å². The van der Waals surface area contributed by atoms with Crippen molar-refractivity contribution in [2.75, 3.05) is 31.1 Å². The van der Waals surface area contributed by atoms with E-state index >= 15 is 0 Å². The number of halogens is 1. The van der Waals surface area contributed by atoms with Gasteiger partial charge in [-0.05, 0) is 18.6 Å². The van der Waals surface area contributed by atoms with Gasteiger partial charge in [0, 0.05) is 26.2 Å². The average Bonchev–Trinajstić information content (AvgIpc) is 2.41. The summed E-state index contributed by atoms with van der Waals surface area (Å²) in [5.74, 6) is -0.997. The van der Waals surface area contributed by atoms with Gasteiger partial charge < -0.3 is 10.0 Å². The SMILES string of the molecule is CC[C@@H](C(=O)O)N1CCN(c2ccccc2F)CC1. The lowest BCUT2D eigenvalue weighted by Crippen LogP contribution is -2.52. The minimum atomic E-state index is -0.776. The summed E-state index contributed by atoms with van der Waals surface area (Å²) in [5, 5.41) is 9.14. The first-order chi connectivity index (χ1) is 9.13. The molecule has 19 heavy (non-hydrogen) atoms. The molecule has 2 rings (SSSR count). The van der Waals surface area contributed by atoms with E-state index in [0.29, 0.717) is 38.3 Å². The number of anilines is 1. The molecule has 4 nitrogen and oxygen atoms in total. The second kappa shape index (κ2) is 6.02. The summed E-state index contributed by atoms with van der Waals surface area (Å²) >= 11 is 0. The van der Waals surface area contributed by atoms with Crippen LogP contribution in [0.1, 0.15) is 13.3 Å². The molecule has 1 fully saturated rings. The zero-order valence-corrected chi connectivity index (χ0v) is 11.1. The Morgan fingerprint density at radius 1 is 1.32 bits per heavy atom. The lowest BCUT2D eigenvalue weighted by molar-refractivity contribution is -0.143. The second-order valence-electron chi connectivity index (χ2n) is 4.74. The van der Waals surface area contributed by atoms with E-state index in [0.717, 1.165) is 0 Å². The van der Waals surface area contributed by atoms with Crippen LogP contribution in [-0.4, -0.2) is 48.2 Å². The molecule has 1 saturated heterocycles. The van der Waals surface area contributed by atoms with Crippen LogP contribution in [0, 0.1) is 5.82 Å². The maximum absolute atomic E-state index is 13.7. The summed E-state index contributed by atoms with van der Waals surface area (Å²) in [5.41, 5.74) is 0.602. The Labute approximate surface area is 112 Å². The van der Waals surface area contributed by atoms with Gasteiger partial charge in [-0.2, -0.15) is 0 Å². The van der Waals surface area contributed by atoms with Gasteiger partial charge in [0.1, 0.15) is 11.9 Å². The summed E-state index contributed by atoms with van der Waals surface area (Å²) in [6.45, 7) is 4.50. The molecule has 0 saturated carbocycles. The molecule has 0 bridgehead atoms. The van der Waals surface area contributed by atoms with E-state index < -0.39 is 12.0 Å². The summed E-state index contributed by atoms with van der Waals surface area (Å²) < 4.78 is 13.7. The van der Waals surface area contributed by atoms with Gasteiger partial charge in [0.15, 0.2) is 0 Å². The van der Waals surface area contributed by atoms with Crippen LogP contribution in [0.2, 0.25) is 0 Å². The minimum Gasteiger partial charge on any atom is -0.480 e. The van der Waals surface area contributed by atoms with Crippen LogP contribution in [0.4, 0.5) is 10.1 Å². The first-order valence-electron chi connectivity index (χ1n) is 6.59. The van der Waals surface area contributed by atoms with Gasteiger partial charge >= 0.3 is 5.97 Å². The number of benzene rings is 1. The quantitative estimate of drug-likeness (QED) is 0.902. The maximum Gasteiger partial charge on any atom is 0.320 e. The number of rotatable bonds is 4. The Morgan fingerprint density at radius 2 is 1.95 bits per heavy atom. The fraction of sp³-hybridized carbons (Fsp3) is 0.500. The van der Waals surface area contributed by atoms with E-state index in [1.807, 2.05) is 22.8 Å². The number of nitrogens with zero attached hydrogens (tertiary/aromatic N) is 2. The number of aliphatic carboxylic acids is 1. The number of carboxylic acid groups (broad SMARTS) is 1. The molecule has 1 N–H and O–H groups in total. The van der Waals surface area contributed by atoms with Crippen LogP contribution in [0.25, 0.3) is 0 Å². The first-order valence-corrected chi connectivity index (χ1v) is 6.59. The van der Waals surface area contributed by atoms with Crippen molar-refractivity contribution in [1.82, 2.24) is 4.90 Å². The predicted octanol–water partition coefficient (Wildman–Crippen LogP) is 1.81. The molecular formula is C14H19FN2O2. The third kappa shape index (κ3) is 3.04. The molecule has 1 heterocycles. The number of piperazine rings is 1. The summed E-state index contributed by atoms with van der Waals surface area (Å²) in [4.78, 5) is 15.1. The Bertz CT molecular complexity index is 445. The van der Waals surface area contributed by atoms with Crippen LogP contribution in [0.3, 0.4) is 0 Å². The lowest BCUT2D eigenvalue weighted by Gasteiger charge is -2.38. The Balaban J connectivity index is 2.00. The van der Waals surface area contributed by atoms with Crippen molar-refractivity contribution in [3.63, 3.8) is 0 Å². The van der Waals surface area contributed by atoms with Gasteiger partial charge in [-0.1, -0.05) is 19.1 Å². The van der Waals surface area contributed by atoms with Crippen molar-refractivity contribution in [2.24, 2.45) is 0 Å². The number of carbonyl (C=O) groups is 1. The van der Waals surface area contributed by atoms with Crippen LogP contribution in [-0.2, 0) is 4.79 Å². The number of hydrogen-bond acceptors (Lipinski definition) is 3. The topological polar surface area (TPSA) is 43.8 Å². The number of carboxylic acids is 1. The van der Waals surface area contributed by atoms with Crippen LogP contribution >= 0.6 is 0 Å². The highest BCUT2D eigenvalue weighted by atomic mass is 19.1. The third-order valence-corrected chi connectivity index (χ3v) is 3.62. The van der Waals surface area contributed by atoms with Crippen LogP contribution in [0.5, 0.6) is 0 Å². The Morgan fingerprint density at radius 3 is 2.47 bits per heavy atom. The van der Waals surface area contributed by atoms with Crippen molar-refractivity contribution < 1.29 is 14.3 Å². The summed E-state index contributed by atoms with van der Waals surface area (Å²) in [7, 11) is 0. The van der Waals surface area contributed by atoms with Gasteiger partial charge in [-0.3, -0.25) is 9.69 Å². The molecule has 0 unspecified atom stereocenters. The van der Waals surface area contributed by atoms with Gasteiger partial charge in [0.25, 0.3) is 0 Å². The smallest absolute Gasteiger partial charge is 0.320 e. The zero-order valence-electron chi connectivity index (χ0n) is 11.1. The Kier molecular flexibility index (Phi) is 4.37. The third-order valence-electron chi connectivity index (χ3n) is 3.62. The van der Waals surface area contributed by atoms with Crippen LogP contribution < -0.4 is 4.90 Å². The fourth-order valence-corrected chi connectivity index (χ4v) is 2.57. The zero-order chi connectivity index (χ0) is 13.8. The highest BCUT2D eigenvalue weighted by molar-refractivity contribution is 5.73. The molecule has 0 amide bonds. The van der Waals surface area contributed by atoms with E-state index in [2.05, 4.69) is 0 Å². The summed E-state index contributed by atoms with van der Waals surface area (Å²) in [6, 6.07) is 6.28. The van der Waals surface area contributed by atoms with Gasteiger partial charge in [-0.25, -0.2) is 4.39 Å². The lowest BCUT2D eigenvalue weighted by atomic mass is 10.1. The fourth-order valence-electron chi connectivity index (χ4n) is 2.57. The monoisotopic (exact) mass is 266 g/mol. The van der Waals surface area contributed by atoms with Crippen LogP contribution in [0.15, 0.2) is 24.3 Å². The highest BCUT2D eigenvalue weighted by Gasteiger charge is 2.27. The van der Waals surface area contributed by atoms with Crippen molar-refractivity contribution >= 4 is 11.7 Å². The average molecular weight is 266 g/mol. The van der Waals surface area contributed by atoms with Crippen molar-refractivity contribution in [3.8, 4) is 0 Å². The standard InChI is InChI=1S/C14H19FN2O2/c1-2-12(14(18)19)16-7-9-17(10-8-16)13-6-4-3-5-11(13)15/h3-6,12H,2,7-10H2,1H3,(H,18,19)/t12-/m0/s1. The molecule has 0 aliphatic carbocycles. The second-order valence-corrected chi connectivity index (χ2v) is 4.74. The molecule has 104 valence electrons. The van der Waals surface area contributed by atoms with Crippen molar-refractivity contribution in [2.45, 2.75) is 19.4 Å². The van der Waals surface area contributed by atoms with E-state index in [1.54, 1.807) is 12.1 Å². The van der Waals surface area contributed by atoms with E-state index in [4.69, 9.17) is 5.11 Å². The van der Waals surface area contributed by atoms with E-state index in [1.165, 1.54) is 6.07 Å². The summed E-state index contributed by atoms with van der Waals surface area (Å²) in [6.07, 6.45) is 0.592. The van der Waals surface area contributed by atoms with E-state index in [-0.39, 0.29) is 5.82 Å². The molecule has 1 aromatic rings. The first kappa shape index (κ1) is 13.8. The highest BCUT2D eigenvalue weighted by Crippen LogP contribution is 2.21. The maximum atomic E-state index is 13.7. The Hall–Kier alpha value is -1.62. The normalized spacial score (nSPS) is 18.3. The van der Waals surface area contributed by atoms with Crippen molar-refractivity contribution in [3.05, 3.63) is 30.1 Å². The van der Waals surface area contributed by atoms with Gasteiger partial charge in [0.2, 0.25) is 0 Å². The largest absolute Gasteiger partial charge is 0.480 e. The van der Waals surface area contributed by atoms with Gasteiger partial charge in [-0.15, -0.1) is 0 Å². The number of para-hydroxylation sites is 1. The molecule has 0 radical (unpaired) electrons. The predicted molar refractivity (Wildman–Crippen MR) is 71.9 cm³/mol. The molecule has 1 atom stereocenters. The van der Waals surface area contributed by atoms with Gasteiger partial charge in [0.05, 0.1) is 5.69 Å². The minimum absolute atomic E-state index is 0.221. The van der Waals surface area contributed by atoms with E-state index in [9.17, 15) is 9.18 Å². The molecule has 0 aromatic heterocycles. The molecule has 1 aliphatic rings. The molecule has 1 aliphatic heterocycles. The molecular weight excluding hydrogens is 247 g/mol. The molecule has 1 aromatic carbocycles. The number of hydrogen-bond donors (Lipinski definition) is 1. The molecule has 0 spiro atoms. The molecule has 5 heteroatoms.